The van der Waals surface area contributed by atoms with Crippen molar-refractivity contribution in [2.45, 2.75) is 12.8 Å². The average Bonchev–Trinajstić information content (AvgIpc) is 2.64. The third-order valence-electron chi connectivity index (χ3n) is 3.26. The van der Waals surface area contributed by atoms with Gasteiger partial charge in [-0.05, 0) is 24.1 Å². The average molecular weight is 215 g/mol. The normalized spacial score (nSPS) is 21.9. The quantitative estimate of drug-likeness (QED) is 0.737. The molecule has 82 valence electrons. The van der Waals surface area contributed by atoms with Gasteiger partial charge in [0, 0.05) is 30.6 Å². The summed E-state index contributed by atoms with van der Waals surface area (Å²) in [4.78, 5) is 11.2. The maximum Gasteiger partial charge on any atom is 0.240 e. The minimum absolute atomic E-state index is 0.0235. The number of carbonyl (C=O) groups is 1. The fraction of sp³-hybridized carbons (Fsp3) is 0.333. The highest BCUT2D eigenvalue weighted by molar-refractivity contribution is 6.09. The first-order valence-electron chi connectivity index (χ1n) is 5.45. The lowest BCUT2D eigenvalue weighted by Gasteiger charge is -2.15. The summed E-state index contributed by atoms with van der Waals surface area (Å²) in [6.45, 7) is 0. The molecule has 0 radical (unpaired) electrons. The number of hydrogen-bond acceptors (Lipinski definition) is 3. The minimum Gasteiger partial charge on any atom is -0.388 e. The second-order valence-corrected chi connectivity index (χ2v) is 4.26. The van der Waals surface area contributed by atoms with Crippen LogP contribution in [0.2, 0.25) is 0 Å². The number of anilines is 1. The molecule has 1 aromatic rings. The summed E-state index contributed by atoms with van der Waals surface area (Å²) in [5.74, 6) is 0.297. The Morgan fingerprint density at radius 3 is 3.12 bits per heavy atom. The zero-order chi connectivity index (χ0) is 11.1. The van der Waals surface area contributed by atoms with Crippen LogP contribution in [0.15, 0.2) is 23.3 Å². The third-order valence-corrected chi connectivity index (χ3v) is 3.26. The predicted octanol–water partition coefficient (Wildman–Crippen LogP) is 1.12. The highest BCUT2D eigenvalue weighted by Crippen LogP contribution is 2.32. The first-order valence-corrected chi connectivity index (χ1v) is 5.45. The van der Waals surface area contributed by atoms with E-state index in [9.17, 15) is 4.79 Å². The standard InChI is InChI=1S/C12H13N3O/c1-13-9-2-3-10-7(5-9)4-8-6-11(16)14-15-12(8)10/h2-3,5,8,13H,4,6H2,1H3,(H,14,16). The zero-order valence-electron chi connectivity index (χ0n) is 9.08. The number of nitrogens with zero attached hydrogens (tertiary/aromatic N) is 1. The van der Waals surface area contributed by atoms with Crippen molar-refractivity contribution in [3.63, 3.8) is 0 Å². The number of nitrogens with one attached hydrogen (secondary N) is 2. The number of benzene rings is 1. The molecule has 1 amide bonds. The van der Waals surface area contributed by atoms with E-state index >= 15 is 0 Å². The van der Waals surface area contributed by atoms with E-state index in [0.717, 1.165) is 17.8 Å². The van der Waals surface area contributed by atoms with E-state index in [1.54, 1.807) is 0 Å². The van der Waals surface area contributed by atoms with Gasteiger partial charge in [0.25, 0.3) is 0 Å². The Balaban J connectivity index is 2.04. The van der Waals surface area contributed by atoms with Crippen molar-refractivity contribution in [3.8, 4) is 0 Å². The zero-order valence-corrected chi connectivity index (χ0v) is 9.08. The first kappa shape index (κ1) is 9.39. The van der Waals surface area contributed by atoms with E-state index in [4.69, 9.17) is 0 Å². The molecule has 1 aromatic carbocycles. The van der Waals surface area contributed by atoms with Gasteiger partial charge in [-0.2, -0.15) is 5.10 Å². The highest BCUT2D eigenvalue weighted by Gasteiger charge is 2.33. The number of carbonyl (C=O) groups excluding carboxylic acids is 1. The summed E-state index contributed by atoms with van der Waals surface area (Å²) >= 11 is 0. The molecule has 2 N–H and O–H groups in total. The van der Waals surface area contributed by atoms with E-state index in [0.29, 0.717) is 6.42 Å². The molecule has 0 saturated carbocycles. The van der Waals surface area contributed by atoms with Crippen LogP contribution in [0.4, 0.5) is 5.69 Å². The van der Waals surface area contributed by atoms with Crippen LogP contribution in [0.3, 0.4) is 0 Å². The lowest BCUT2D eigenvalue weighted by Crippen LogP contribution is -2.31. The molecular weight excluding hydrogens is 202 g/mol. The Morgan fingerprint density at radius 1 is 1.44 bits per heavy atom. The van der Waals surface area contributed by atoms with Gasteiger partial charge in [0.1, 0.15) is 0 Å². The summed E-state index contributed by atoms with van der Waals surface area (Å²) in [6.07, 6.45) is 1.49. The second-order valence-electron chi connectivity index (χ2n) is 4.26. The molecule has 4 heteroatoms. The van der Waals surface area contributed by atoms with Gasteiger partial charge in [-0.3, -0.25) is 4.79 Å². The largest absolute Gasteiger partial charge is 0.388 e. The molecule has 0 bridgehead atoms. The van der Waals surface area contributed by atoms with E-state index in [1.807, 2.05) is 13.1 Å². The molecule has 0 spiro atoms. The number of fused-ring (bicyclic) bond motifs is 3. The number of hydrogen-bond donors (Lipinski definition) is 2. The summed E-state index contributed by atoms with van der Waals surface area (Å²) in [5.41, 5.74) is 7.17. The summed E-state index contributed by atoms with van der Waals surface area (Å²) in [5, 5.41) is 7.29. The van der Waals surface area contributed by atoms with Gasteiger partial charge in [0.2, 0.25) is 5.91 Å². The minimum atomic E-state index is 0.0235. The Morgan fingerprint density at radius 2 is 2.31 bits per heavy atom. The summed E-state index contributed by atoms with van der Waals surface area (Å²) in [6, 6.07) is 6.26. The molecule has 0 saturated heterocycles. The van der Waals surface area contributed by atoms with Crippen molar-refractivity contribution in [2.24, 2.45) is 11.0 Å². The van der Waals surface area contributed by atoms with Gasteiger partial charge in [-0.15, -0.1) is 0 Å². The lowest BCUT2D eigenvalue weighted by molar-refractivity contribution is -0.121. The second kappa shape index (κ2) is 3.33. The number of rotatable bonds is 1. The first-order chi connectivity index (χ1) is 7.78. The molecule has 1 aliphatic heterocycles. The SMILES string of the molecule is CNc1ccc2c(c1)CC1CC(=O)NN=C21. The van der Waals surface area contributed by atoms with Gasteiger partial charge >= 0.3 is 0 Å². The Kier molecular flexibility index (Phi) is 1.96. The monoisotopic (exact) mass is 215 g/mol. The van der Waals surface area contributed by atoms with Crippen LogP contribution in [-0.2, 0) is 11.2 Å². The van der Waals surface area contributed by atoms with Gasteiger partial charge in [0.05, 0.1) is 5.71 Å². The van der Waals surface area contributed by atoms with Crippen molar-refractivity contribution >= 4 is 17.3 Å². The highest BCUT2D eigenvalue weighted by atomic mass is 16.2. The van der Waals surface area contributed by atoms with Crippen molar-refractivity contribution in [3.05, 3.63) is 29.3 Å². The maximum atomic E-state index is 11.2. The lowest BCUT2D eigenvalue weighted by atomic mass is 9.99. The van der Waals surface area contributed by atoms with Crippen LogP contribution in [0.5, 0.6) is 0 Å². The van der Waals surface area contributed by atoms with Crippen LogP contribution in [0.25, 0.3) is 0 Å². The molecule has 0 fully saturated rings. The smallest absolute Gasteiger partial charge is 0.240 e. The Bertz CT molecular complexity index is 493. The molecule has 16 heavy (non-hydrogen) atoms. The molecule has 4 nitrogen and oxygen atoms in total. The maximum absolute atomic E-state index is 11.2. The fourth-order valence-electron chi connectivity index (χ4n) is 2.46. The Labute approximate surface area is 93.7 Å². The topological polar surface area (TPSA) is 53.5 Å². The van der Waals surface area contributed by atoms with Crippen molar-refractivity contribution < 1.29 is 4.79 Å². The Hall–Kier alpha value is -1.84. The van der Waals surface area contributed by atoms with E-state index in [1.165, 1.54) is 11.1 Å². The third kappa shape index (κ3) is 1.30. The number of hydrazone groups is 1. The number of amides is 1. The van der Waals surface area contributed by atoms with E-state index in [-0.39, 0.29) is 11.8 Å². The van der Waals surface area contributed by atoms with E-state index in [2.05, 4.69) is 28.0 Å². The van der Waals surface area contributed by atoms with Crippen LogP contribution in [0.1, 0.15) is 17.5 Å². The molecule has 1 atom stereocenters. The molecule has 1 heterocycles. The molecule has 1 unspecified atom stereocenters. The van der Waals surface area contributed by atoms with Gasteiger partial charge in [0.15, 0.2) is 0 Å². The molecule has 1 aliphatic carbocycles. The molecule has 0 aromatic heterocycles. The molecule has 3 rings (SSSR count). The van der Waals surface area contributed by atoms with Crippen LogP contribution >= 0.6 is 0 Å². The van der Waals surface area contributed by atoms with Crippen molar-refractivity contribution in [2.75, 3.05) is 12.4 Å². The van der Waals surface area contributed by atoms with Crippen molar-refractivity contribution in [1.82, 2.24) is 5.43 Å². The molecular formula is C12H13N3O. The van der Waals surface area contributed by atoms with E-state index < -0.39 is 0 Å². The van der Waals surface area contributed by atoms with Crippen LogP contribution in [0, 0.1) is 5.92 Å². The summed E-state index contributed by atoms with van der Waals surface area (Å²) in [7, 11) is 1.91. The van der Waals surface area contributed by atoms with Gasteiger partial charge in [-0.25, -0.2) is 5.43 Å². The van der Waals surface area contributed by atoms with Crippen LogP contribution < -0.4 is 10.7 Å². The predicted molar refractivity (Wildman–Crippen MR) is 62.5 cm³/mol. The van der Waals surface area contributed by atoms with Crippen molar-refractivity contribution in [1.29, 1.82) is 0 Å². The fourth-order valence-corrected chi connectivity index (χ4v) is 2.46. The van der Waals surface area contributed by atoms with Gasteiger partial charge < -0.3 is 5.32 Å². The summed E-state index contributed by atoms with van der Waals surface area (Å²) < 4.78 is 0. The van der Waals surface area contributed by atoms with Crippen LogP contribution in [-0.4, -0.2) is 18.7 Å². The molecule has 2 aliphatic rings. The van der Waals surface area contributed by atoms with Gasteiger partial charge in [-0.1, -0.05) is 6.07 Å².